The lowest BCUT2D eigenvalue weighted by molar-refractivity contribution is 0.967. The van der Waals surface area contributed by atoms with Gasteiger partial charge in [0.05, 0.1) is 16.6 Å². The van der Waals surface area contributed by atoms with E-state index in [-0.39, 0.29) is 0 Å². The molecule has 28 heavy (non-hydrogen) atoms. The van der Waals surface area contributed by atoms with Gasteiger partial charge in [-0.2, -0.15) is 5.10 Å². The molecule has 0 unspecified atom stereocenters. The summed E-state index contributed by atoms with van der Waals surface area (Å²) in [4.78, 5) is 10.4. The summed E-state index contributed by atoms with van der Waals surface area (Å²) in [6.07, 6.45) is 2.48. The summed E-state index contributed by atoms with van der Waals surface area (Å²) < 4.78 is 0. The molecular weight excluding hydrogens is 366 g/mol. The lowest BCUT2D eigenvalue weighted by atomic mass is 10.1. The average Bonchev–Trinajstić information content (AvgIpc) is 3.41. The number of aryl methyl sites for hydroxylation is 2. The topological polar surface area (TPSA) is 80.5 Å². The van der Waals surface area contributed by atoms with E-state index in [1.165, 1.54) is 41.4 Å². The van der Waals surface area contributed by atoms with Crippen LogP contribution in [-0.4, -0.2) is 20.2 Å². The van der Waals surface area contributed by atoms with Crippen molar-refractivity contribution >= 4 is 28.5 Å². The molecule has 5 nitrogen and oxygen atoms in total. The van der Waals surface area contributed by atoms with Crippen LogP contribution in [0.25, 0.3) is 22.2 Å². The minimum atomic E-state index is 0.489. The predicted molar refractivity (Wildman–Crippen MR) is 114 cm³/mol. The highest BCUT2D eigenvalue weighted by molar-refractivity contribution is 7.99. The highest BCUT2D eigenvalue weighted by Gasteiger charge is 2.26. The van der Waals surface area contributed by atoms with Gasteiger partial charge in [-0.15, -0.1) is 0 Å². The van der Waals surface area contributed by atoms with Crippen molar-refractivity contribution in [3.8, 4) is 11.3 Å². The number of rotatable bonds is 4. The summed E-state index contributed by atoms with van der Waals surface area (Å²) in [5.74, 6) is 1.12. The lowest BCUT2D eigenvalue weighted by Gasteiger charge is -2.09. The van der Waals surface area contributed by atoms with Gasteiger partial charge in [-0.25, -0.2) is 9.97 Å². The Hall–Kier alpha value is -2.86. The first-order valence-corrected chi connectivity index (χ1v) is 10.3. The Morgan fingerprint density at radius 1 is 1.04 bits per heavy atom. The maximum atomic E-state index is 6.38. The second-order valence-corrected chi connectivity index (χ2v) is 8.46. The number of aromatic amines is 1. The van der Waals surface area contributed by atoms with Crippen molar-refractivity contribution in [2.24, 2.45) is 0 Å². The normalized spacial score (nSPS) is 13.9. The van der Waals surface area contributed by atoms with Gasteiger partial charge >= 0.3 is 0 Å². The summed E-state index contributed by atoms with van der Waals surface area (Å²) in [5.41, 5.74) is 12.8. The molecular formula is C22H21N5S. The van der Waals surface area contributed by atoms with Crippen molar-refractivity contribution in [1.29, 1.82) is 0 Å². The van der Waals surface area contributed by atoms with Gasteiger partial charge in [0.2, 0.25) is 0 Å². The Labute approximate surface area is 167 Å². The number of nitrogens with two attached hydrogens (primary N) is 1. The monoisotopic (exact) mass is 387 g/mol. The number of fused-ring (bicyclic) bond motifs is 1. The molecule has 0 bridgehead atoms. The molecule has 2 heterocycles. The van der Waals surface area contributed by atoms with Gasteiger partial charge in [0, 0.05) is 22.1 Å². The number of nitrogens with one attached hydrogen (secondary N) is 1. The zero-order valence-electron chi connectivity index (χ0n) is 15.9. The van der Waals surface area contributed by atoms with E-state index < -0.39 is 0 Å². The summed E-state index contributed by atoms with van der Waals surface area (Å²) in [7, 11) is 0. The molecule has 6 heteroatoms. The number of aromatic nitrogens is 4. The van der Waals surface area contributed by atoms with Gasteiger partial charge in [0.1, 0.15) is 5.82 Å². The van der Waals surface area contributed by atoms with E-state index >= 15 is 0 Å². The van der Waals surface area contributed by atoms with Crippen LogP contribution in [0.2, 0.25) is 0 Å². The maximum Gasteiger partial charge on any atom is 0.194 e. The van der Waals surface area contributed by atoms with Gasteiger partial charge in [0.25, 0.3) is 0 Å². The lowest BCUT2D eigenvalue weighted by Crippen LogP contribution is -1.98. The van der Waals surface area contributed by atoms with E-state index in [4.69, 9.17) is 10.7 Å². The molecule has 0 amide bonds. The smallest absolute Gasteiger partial charge is 0.194 e. The van der Waals surface area contributed by atoms with E-state index in [1.807, 2.05) is 18.2 Å². The van der Waals surface area contributed by atoms with Gasteiger partial charge in [-0.05, 0) is 73.8 Å². The Kier molecular flexibility index (Phi) is 4.09. The Bertz CT molecular complexity index is 1190. The van der Waals surface area contributed by atoms with Crippen molar-refractivity contribution in [3.05, 3.63) is 59.3 Å². The molecule has 1 fully saturated rings. The first kappa shape index (κ1) is 17.3. The zero-order valence-corrected chi connectivity index (χ0v) is 16.7. The standard InChI is InChI=1S/C22H21N5S/c1-12-6-9-15(10-13(12)2)28-22-24-17-5-3-4-16(20(17)21(23)25-22)19-11-18(26-27-19)14-7-8-14/h3-6,9-11,14H,7-8H2,1-2H3,(H,26,27)(H2,23,24,25). The SMILES string of the molecule is Cc1ccc(Sc2nc(N)c3c(-c4cc(C5CC5)[nH]n4)cccc3n2)cc1C. The fourth-order valence-electron chi connectivity index (χ4n) is 3.41. The number of nitrogen functional groups attached to an aromatic ring is 1. The summed E-state index contributed by atoms with van der Waals surface area (Å²) in [6, 6.07) is 14.5. The zero-order chi connectivity index (χ0) is 19.3. The largest absolute Gasteiger partial charge is 0.383 e. The summed E-state index contributed by atoms with van der Waals surface area (Å²) in [5, 5.41) is 9.19. The van der Waals surface area contributed by atoms with Crippen LogP contribution in [0.15, 0.2) is 52.5 Å². The fraction of sp³-hybridized carbons (Fsp3) is 0.227. The van der Waals surface area contributed by atoms with Gasteiger partial charge in [-0.3, -0.25) is 5.10 Å². The second kappa shape index (κ2) is 6.63. The molecule has 4 aromatic rings. The van der Waals surface area contributed by atoms with Crippen molar-refractivity contribution in [1.82, 2.24) is 20.2 Å². The molecule has 2 aromatic heterocycles. The van der Waals surface area contributed by atoms with Crippen molar-refractivity contribution in [2.45, 2.75) is 42.7 Å². The molecule has 2 aromatic carbocycles. The molecule has 1 aliphatic rings. The molecule has 0 aliphatic heterocycles. The minimum absolute atomic E-state index is 0.489. The van der Waals surface area contributed by atoms with Crippen molar-refractivity contribution in [3.63, 3.8) is 0 Å². The minimum Gasteiger partial charge on any atom is -0.383 e. The van der Waals surface area contributed by atoms with Crippen molar-refractivity contribution in [2.75, 3.05) is 5.73 Å². The molecule has 0 spiro atoms. The predicted octanol–water partition coefficient (Wildman–Crippen LogP) is 5.25. The number of benzene rings is 2. The summed E-state index contributed by atoms with van der Waals surface area (Å²) >= 11 is 1.53. The third-order valence-corrected chi connectivity index (χ3v) is 6.16. The molecule has 0 radical (unpaired) electrons. The van der Waals surface area contributed by atoms with E-state index in [9.17, 15) is 0 Å². The van der Waals surface area contributed by atoms with Crippen LogP contribution >= 0.6 is 11.8 Å². The maximum absolute atomic E-state index is 6.38. The third kappa shape index (κ3) is 3.14. The quantitative estimate of drug-likeness (QED) is 0.468. The van der Waals surface area contributed by atoms with E-state index in [0.29, 0.717) is 16.9 Å². The van der Waals surface area contributed by atoms with Crippen LogP contribution in [0.3, 0.4) is 0 Å². The molecule has 0 saturated heterocycles. The molecule has 1 aliphatic carbocycles. The summed E-state index contributed by atoms with van der Waals surface area (Å²) in [6.45, 7) is 4.22. The van der Waals surface area contributed by atoms with Crippen LogP contribution in [-0.2, 0) is 0 Å². The first-order valence-electron chi connectivity index (χ1n) is 9.45. The van der Waals surface area contributed by atoms with Crippen molar-refractivity contribution < 1.29 is 0 Å². The number of hydrogen-bond acceptors (Lipinski definition) is 5. The molecule has 5 rings (SSSR count). The fourth-order valence-corrected chi connectivity index (χ4v) is 4.28. The van der Waals surface area contributed by atoms with E-state index in [1.54, 1.807) is 0 Å². The van der Waals surface area contributed by atoms with Crippen LogP contribution in [0.1, 0.15) is 35.6 Å². The number of anilines is 1. The molecule has 1 saturated carbocycles. The highest BCUT2D eigenvalue weighted by atomic mass is 32.2. The van der Waals surface area contributed by atoms with Gasteiger partial charge in [-0.1, -0.05) is 18.2 Å². The molecule has 3 N–H and O–H groups in total. The average molecular weight is 388 g/mol. The third-order valence-electron chi connectivity index (χ3n) is 5.31. The number of hydrogen-bond donors (Lipinski definition) is 2. The van der Waals surface area contributed by atoms with Crippen LogP contribution in [0.5, 0.6) is 0 Å². The second-order valence-electron chi connectivity index (χ2n) is 7.42. The Morgan fingerprint density at radius 3 is 2.68 bits per heavy atom. The van der Waals surface area contributed by atoms with Crippen LogP contribution in [0.4, 0.5) is 5.82 Å². The first-order chi connectivity index (χ1) is 13.6. The van der Waals surface area contributed by atoms with Gasteiger partial charge < -0.3 is 5.73 Å². The van der Waals surface area contributed by atoms with Gasteiger partial charge in [0.15, 0.2) is 5.16 Å². The molecule has 140 valence electrons. The van der Waals surface area contributed by atoms with Crippen LogP contribution in [0, 0.1) is 13.8 Å². The van der Waals surface area contributed by atoms with Crippen LogP contribution < -0.4 is 5.73 Å². The Balaban J connectivity index is 1.54. The van der Waals surface area contributed by atoms with E-state index in [2.05, 4.69) is 53.3 Å². The Morgan fingerprint density at radius 2 is 1.89 bits per heavy atom. The number of nitrogens with zero attached hydrogens (tertiary/aromatic N) is 3. The van der Waals surface area contributed by atoms with E-state index in [0.717, 1.165) is 27.1 Å². The highest BCUT2D eigenvalue weighted by Crippen LogP contribution is 2.41. The number of H-pyrrole nitrogens is 1. The molecule has 0 atom stereocenters.